The number of imidazole rings is 1. The van der Waals surface area contributed by atoms with E-state index in [2.05, 4.69) is 10.3 Å². The third-order valence-electron chi connectivity index (χ3n) is 5.28. The van der Waals surface area contributed by atoms with E-state index in [1.807, 2.05) is 62.4 Å². The van der Waals surface area contributed by atoms with Crippen molar-refractivity contribution in [2.45, 2.75) is 26.4 Å². The Kier molecular flexibility index (Phi) is 5.58. The van der Waals surface area contributed by atoms with Crippen LogP contribution in [0.5, 0.6) is 5.75 Å². The van der Waals surface area contributed by atoms with Gasteiger partial charge < -0.3 is 10.1 Å². The zero-order valence-corrected chi connectivity index (χ0v) is 17.7. The molecule has 0 saturated carbocycles. The number of rotatable bonds is 6. The molecule has 2 heterocycles. The molecule has 0 unspecified atom stereocenters. The van der Waals surface area contributed by atoms with Gasteiger partial charge in [-0.1, -0.05) is 29.8 Å². The van der Waals surface area contributed by atoms with Gasteiger partial charge in [-0.15, -0.1) is 0 Å². The lowest BCUT2D eigenvalue weighted by Crippen LogP contribution is -2.34. The fourth-order valence-electron chi connectivity index (χ4n) is 3.57. The lowest BCUT2D eigenvalue weighted by molar-refractivity contribution is -0.122. The molecule has 2 aromatic heterocycles. The number of carbonyl (C=O) groups is 1. The second kappa shape index (κ2) is 8.47. The van der Waals surface area contributed by atoms with E-state index >= 15 is 0 Å². The molecule has 0 saturated heterocycles. The highest BCUT2D eigenvalue weighted by molar-refractivity contribution is 5.80. The van der Waals surface area contributed by atoms with Crippen molar-refractivity contribution in [1.29, 1.82) is 0 Å². The lowest BCUT2D eigenvalue weighted by Gasteiger charge is -2.15. The number of amides is 1. The predicted molar refractivity (Wildman–Crippen MR) is 120 cm³/mol. The molecule has 0 aliphatic heterocycles. The minimum absolute atomic E-state index is 0.0968. The van der Waals surface area contributed by atoms with E-state index in [9.17, 15) is 9.59 Å². The van der Waals surface area contributed by atoms with Crippen LogP contribution in [0.2, 0.25) is 0 Å². The van der Waals surface area contributed by atoms with Crippen molar-refractivity contribution in [2.24, 2.45) is 0 Å². The number of aromatic nitrogens is 3. The summed E-state index contributed by atoms with van der Waals surface area (Å²) >= 11 is 0. The maximum Gasteiger partial charge on any atom is 0.335 e. The molecule has 4 aromatic rings. The van der Waals surface area contributed by atoms with E-state index in [1.165, 1.54) is 9.13 Å². The molecule has 0 bridgehead atoms. The van der Waals surface area contributed by atoms with Gasteiger partial charge in [0.2, 0.25) is 5.91 Å². The van der Waals surface area contributed by atoms with Crippen LogP contribution in [-0.2, 0) is 11.3 Å². The number of benzene rings is 2. The molecule has 4 rings (SSSR count). The maximum atomic E-state index is 13.2. The monoisotopic (exact) mass is 416 g/mol. The highest BCUT2D eigenvalue weighted by atomic mass is 16.5. The van der Waals surface area contributed by atoms with Gasteiger partial charge in [-0.3, -0.25) is 9.36 Å². The van der Waals surface area contributed by atoms with E-state index in [1.54, 1.807) is 25.4 Å². The Labute approximate surface area is 179 Å². The number of hydrogen-bond acceptors (Lipinski definition) is 4. The first-order valence-electron chi connectivity index (χ1n) is 10.0. The number of hydrogen-bond donors (Lipinski definition) is 1. The summed E-state index contributed by atoms with van der Waals surface area (Å²) < 4.78 is 8.17. The highest BCUT2D eigenvalue weighted by Crippen LogP contribution is 2.18. The van der Waals surface area contributed by atoms with Crippen LogP contribution in [-0.4, -0.2) is 27.1 Å². The fourth-order valence-corrected chi connectivity index (χ4v) is 3.57. The van der Waals surface area contributed by atoms with Gasteiger partial charge in [0.15, 0.2) is 5.65 Å². The molecular weight excluding hydrogens is 392 g/mol. The summed E-state index contributed by atoms with van der Waals surface area (Å²) in [6.07, 6.45) is 1.64. The van der Waals surface area contributed by atoms with Crippen LogP contribution < -0.4 is 15.7 Å². The molecular formula is C24H24N4O3. The third kappa shape index (κ3) is 4.07. The van der Waals surface area contributed by atoms with Crippen molar-refractivity contribution in [3.05, 3.63) is 88.5 Å². The lowest BCUT2D eigenvalue weighted by atomic mass is 10.1. The summed E-state index contributed by atoms with van der Waals surface area (Å²) in [5, 5.41) is 2.96. The zero-order valence-electron chi connectivity index (χ0n) is 17.7. The molecule has 0 aliphatic rings. The van der Waals surface area contributed by atoms with Gasteiger partial charge in [-0.2, -0.15) is 0 Å². The van der Waals surface area contributed by atoms with E-state index in [4.69, 9.17) is 4.74 Å². The molecule has 0 spiro atoms. The van der Waals surface area contributed by atoms with Gasteiger partial charge in [0, 0.05) is 6.20 Å². The average Bonchev–Trinajstić information content (AvgIpc) is 3.06. The highest BCUT2D eigenvalue weighted by Gasteiger charge is 2.18. The van der Waals surface area contributed by atoms with Crippen molar-refractivity contribution in [2.75, 3.05) is 7.11 Å². The third-order valence-corrected chi connectivity index (χ3v) is 5.28. The summed E-state index contributed by atoms with van der Waals surface area (Å²) in [6.45, 7) is 3.79. The Morgan fingerprint density at radius 3 is 2.48 bits per heavy atom. The maximum absolute atomic E-state index is 13.2. The molecule has 0 radical (unpaired) electrons. The predicted octanol–water partition coefficient (Wildman–Crippen LogP) is 3.38. The van der Waals surface area contributed by atoms with Crippen LogP contribution in [0.1, 0.15) is 24.1 Å². The normalized spacial score (nSPS) is 12.0. The number of aryl methyl sites for hydroxylation is 1. The second-order valence-electron chi connectivity index (χ2n) is 7.45. The van der Waals surface area contributed by atoms with Gasteiger partial charge in [0.25, 0.3) is 0 Å². The van der Waals surface area contributed by atoms with Crippen molar-refractivity contribution in [3.63, 3.8) is 0 Å². The molecule has 1 amide bonds. The molecule has 31 heavy (non-hydrogen) atoms. The molecule has 158 valence electrons. The fraction of sp³-hybridized carbons (Fsp3) is 0.208. The molecule has 7 nitrogen and oxygen atoms in total. The number of ether oxygens (including phenoxy) is 1. The van der Waals surface area contributed by atoms with Crippen LogP contribution >= 0.6 is 0 Å². The number of nitrogens with one attached hydrogen (secondary N) is 1. The Bertz CT molecular complexity index is 1270. The van der Waals surface area contributed by atoms with E-state index < -0.39 is 0 Å². The summed E-state index contributed by atoms with van der Waals surface area (Å²) in [4.78, 5) is 30.4. The van der Waals surface area contributed by atoms with E-state index in [0.717, 1.165) is 16.9 Å². The first-order valence-corrected chi connectivity index (χ1v) is 10.0. The molecule has 1 atom stereocenters. The Hall–Kier alpha value is -3.87. The molecule has 1 N–H and O–H groups in total. The summed E-state index contributed by atoms with van der Waals surface area (Å²) in [6, 6.07) is 18.5. The second-order valence-corrected chi connectivity index (χ2v) is 7.45. The van der Waals surface area contributed by atoms with Crippen LogP contribution in [0, 0.1) is 6.92 Å². The number of nitrogens with zero attached hydrogens (tertiary/aromatic N) is 3. The van der Waals surface area contributed by atoms with Crippen LogP contribution in [0.3, 0.4) is 0 Å². The summed E-state index contributed by atoms with van der Waals surface area (Å²) in [5.41, 5.74) is 3.59. The van der Waals surface area contributed by atoms with Crippen molar-refractivity contribution in [1.82, 2.24) is 19.4 Å². The quantitative estimate of drug-likeness (QED) is 0.523. The van der Waals surface area contributed by atoms with Gasteiger partial charge in [0.1, 0.15) is 12.3 Å². The summed E-state index contributed by atoms with van der Waals surface area (Å²) in [7, 11) is 1.61. The topological polar surface area (TPSA) is 78.1 Å². The first-order chi connectivity index (χ1) is 15.0. The minimum atomic E-state index is -0.301. The molecule has 2 aromatic carbocycles. The van der Waals surface area contributed by atoms with Crippen LogP contribution in [0.4, 0.5) is 0 Å². The smallest absolute Gasteiger partial charge is 0.335 e. The van der Waals surface area contributed by atoms with E-state index in [-0.39, 0.29) is 24.2 Å². The number of pyridine rings is 1. The van der Waals surface area contributed by atoms with Gasteiger partial charge >= 0.3 is 5.69 Å². The summed E-state index contributed by atoms with van der Waals surface area (Å²) in [5.74, 6) is 0.502. The Morgan fingerprint density at radius 2 is 1.81 bits per heavy atom. The number of methoxy groups -OCH3 is 1. The van der Waals surface area contributed by atoms with Gasteiger partial charge in [-0.05, 0) is 55.8 Å². The minimum Gasteiger partial charge on any atom is -0.497 e. The standard InChI is InChI=1S/C24H24N4O3/c1-16-6-10-19(11-7-16)28-23-21(5-4-14-25-23)27(24(28)30)15-22(29)26-17(2)18-8-12-20(31-3)13-9-18/h4-14,17H,15H2,1-3H3,(H,26,29)/t17-/m1/s1. The Balaban J connectivity index is 1.62. The van der Waals surface area contributed by atoms with Gasteiger partial charge in [0.05, 0.1) is 24.4 Å². The van der Waals surface area contributed by atoms with E-state index in [0.29, 0.717) is 16.9 Å². The SMILES string of the molecule is COc1ccc([C@@H](C)NC(=O)Cn2c(=O)n(-c3ccc(C)cc3)c3ncccc32)cc1. The largest absolute Gasteiger partial charge is 0.497 e. The molecule has 7 heteroatoms. The van der Waals surface area contributed by atoms with Crippen molar-refractivity contribution < 1.29 is 9.53 Å². The van der Waals surface area contributed by atoms with Crippen molar-refractivity contribution in [3.8, 4) is 11.4 Å². The Morgan fingerprint density at radius 1 is 1.10 bits per heavy atom. The number of carbonyl (C=O) groups excluding carboxylic acids is 1. The van der Waals surface area contributed by atoms with Gasteiger partial charge in [-0.25, -0.2) is 14.3 Å². The number of fused-ring (bicyclic) bond motifs is 1. The first kappa shape index (κ1) is 20.4. The zero-order chi connectivity index (χ0) is 22.0. The molecule has 0 aliphatic carbocycles. The molecule has 0 fully saturated rings. The van der Waals surface area contributed by atoms with Crippen molar-refractivity contribution >= 4 is 17.1 Å². The van der Waals surface area contributed by atoms with Crippen LogP contribution in [0.15, 0.2) is 71.7 Å². The van der Waals surface area contributed by atoms with Crippen LogP contribution in [0.25, 0.3) is 16.9 Å². The average molecular weight is 416 g/mol.